The van der Waals surface area contributed by atoms with E-state index in [0.29, 0.717) is 5.56 Å². The number of hydrogen-bond acceptors (Lipinski definition) is 5. The fourth-order valence-electron chi connectivity index (χ4n) is 4.99. The van der Waals surface area contributed by atoms with E-state index < -0.39 is 59.0 Å². The number of benzene rings is 2. The van der Waals surface area contributed by atoms with Gasteiger partial charge >= 0.3 is 6.18 Å². The number of carbonyl (C=O) groups excluding carboxylic acids is 1. The molecule has 11 heteroatoms. The van der Waals surface area contributed by atoms with E-state index >= 15 is 0 Å². The highest BCUT2D eigenvalue weighted by molar-refractivity contribution is 5.85. The van der Waals surface area contributed by atoms with Crippen LogP contribution in [0, 0.1) is 11.6 Å². The quantitative estimate of drug-likeness (QED) is 0.425. The molecule has 1 saturated heterocycles. The number of nitrogens with one attached hydrogen (secondary N) is 1. The van der Waals surface area contributed by atoms with Crippen molar-refractivity contribution in [3.8, 4) is 0 Å². The normalized spacial score (nSPS) is 26.5. The van der Waals surface area contributed by atoms with Gasteiger partial charge in [0.25, 0.3) is 5.91 Å². The van der Waals surface area contributed by atoms with E-state index in [4.69, 9.17) is 18.9 Å². The van der Waals surface area contributed by atoms with Gasteiger partial charge in [-0.2, -0.15) is 13.2 Å². The average molecular weight is 558 g/mol. The summed E-state index contributed by atoms with van der Waals surface area (Å²) in [7, 11) is 0. The van der Waals surface area contributed by atoms with Crippen LogP contribution in [-0.4, -0.2) is 41.6 Å². The summed E-state index contributed by atoms with van der Waals surface area (Å²) in [6, 6.07) is 7.87. The van der Waals surface area contributed by atoms with Crippen LogP contribution in [0.5, 0.6) is 0 Å². The number of rotatable bonds is 8. The predicted octanol–water partition coefficient (Wildman–Crippen LogP) is 5.66. The van der Waals surface area contributed by atoms with Gasteiger partial charge in [-0.05, 0) is 63.1 Å². The molecule has 0 spiro atoms. The van der Waals surface area contributed by atoms with E-state index in [0.717, 1.165) is 24.3 Å². The maximum Gasteiger partial charge on any atom is 0.416 e. The summed E-state index contributed by atoms with van der Waals surface area (Å²) in [5, 5.41) is 2.85. The van der Waals surface area contributed by atoms with Crippen LogP contribution in [0.25, 0.3) is 0 Å². The molecule has 1 aliphatic carbocycles. The SMILES string of the molecule is CC(C)NC(=O)[C@@]1(OCc2cccc(C(F)(F)F)c2)C[C@@H](OCc2ccc(F)c(F)c2)[C@@H]2OC(C)(C)O[C@@H]2C1. The van der Waals surface area contributed by atoms with Crippen molar-refractivity contribution in [1.29, 1.82) is 0 Å². The highest BCUT2D eigenvalue weighted by Crippen LogP contribution is 2.44. The summed E-state index contributed by atoms with van der Waals surface area (Å²) in [4.78, 5) is 13.6. The van der Waals surface area contributed by atoms with Crippen molar-refractivity contribution in [1.82, 2.24) is 5.32 Å². The Hall–Kier alpha value is -2.60. The minimum absolute atomic E-state index is 0.00516. The third-order valence-corrected chi connectivity index (χ3v) is 6.70. The van der Waals surface area contributed by atoms with Gasteiger partial charge in [0.15, 0.2) is 23.0 Å². The molecule has 1 heterocycles. The van der Waals surface area contributed by atoms with E-state index in [1.165, 1.54) is 18.2 Å². The van der Waals surface area contributed by atoms with Crippen molar-refractivity contribution >= 4 is 5.91 Å². The number of carbonyl (C=O) groups is 1. The van der Waals surface area contributed by atoms with Gasteiger partial charge in [-0.3, -0.25) is 4.79 Å². The van der Waals surface area contributed by atoms with Crippen LogP contribution in [0.2, 0.25) is 0 Å². The second-order valence-corrected chi connectivity index (χ2v) is 10.8. The Morgan fingerprint density at radius 1 is 1.03 bits per heavy atom. The lowest BCUT2D eigenvalue weighted by molar-refractivity contribution is -0.184. The summed E-state index contributed by atoms with van der Waals surface area (Å²) in [5.41, 5.74) is -1.74. The number of ether oxygens (including phenoxy) is 4. The van der Waals surface area contributed by atoms with Crippen molar-refractivity contribution in [3.05, 3.63) is 70.8 Å². The summed E-state index contributed by atoms with van der Waals surface area (Å²) < 4.78 is 91.3. The Morgan fingerprint density at radius 2 is 1.74 bits per heavy atom. The Kier molecular flexibility index (Phi) is 8.37. The van der Waals surface area contributed by atoms with Crippen LogP contribution < -0.4 is 5.32 Å². The first-order valence-corrected chi connectivity index (χ1v) is 12.7. The average Bonchev–Trinajstić information content (AvgIpc) is 3.16. The second kappa shape index (κ2) is 11.1. The van der Waals surface area contributed by atoms with Gasteiger partial charge < -0.3 is 24.3 Å². The smallest absolute Gasteiger partial charge is 0.371 e. The molecule has 0 aromatic heterocycles. The second-order valence-electron chi connectivity index (χ2n) is 10.8. The molecule has 214 valence electrons. The molecule has 39 heavy (non-hydrogen) atoms. The summed E-state index contributed by atoms with van der Waals surface area (Å²) in [6.07, 6.45) is -6.46. The standard InChI is InChI=1S/C28H32F5NO5/c1-16(2)34-25(35)27(37-15-17-6-5-7-19(10-17)28(31,32)33)12-22(24-23(13-27)38-26(3,4)39-24)36-14-18-8-9-20(29)21(30)11-18/h5-11,16,22-24H,12-15H2,1-4H3,(H,34,35)/t22-,23-,24+,27-/m1/s1. The monoisotopic (exact) mass is 557 g/mol. The van der Waals surface area contributed by atoms with Gasteiger partial charge in [-0.1, -0.05) is 18.2 Å². The Balaban J connectivity index is 1.62. The van der Waals surface area contributed by atoms with Gasteiger partial charge in [0, 0.05) is 18.9 Å². The Morgan fingerprint density at radius 3 is 2.41 bits per heavy atom. The molecule has 1 saturated carbocycles. The van der Waals surface area contributed by atoms with E-state index in [9.17, 15) is 26.7 Å². The van der Waals surface area contributed by atoms with Crippen LogP contribution in [0.1, 0.15) is 57.2 Å². The van der Waals surface area contributed by atoms with Crippen LogP contribution in [0.3, 0.4) is 0 Å². The Labute approximate surface area is 223 Å². The molecule has 1 amide bonds. The molecule has 2 fully saturated rings. The number of amides is 1. The lowest BCUT2D eigenvalue weighted by Crippen LogP contribution is -2.60. The molecule has 4 atom stereocenters. The highest BCUT2D eigenvalue weighted by Gasteiger charge is 2.58. The van der Waals surface area contributed by atoms with Gasteiger partial charge in [0.05, 0.1) is 31.0 Å². The first-order chi connectivity index (χ1) is 18.2. The van der Waals surface area contributed by atoms with E-state index in [2.05, 4.69) is 5.32 Å². The molecule has 4 rings (SSSR count). The molecular formula is C28H32F5NO5. The Bertz CT molecular complexity index is 1190. The lowest BCUT2D eigenvalue weighted by atomic mass is 9.78. The maximum atomic E-state index is 13.8. The molecule has 2 aliphatic rings. The first-order valence-electron chi connectivity index (χ1n) is 12.7. The van der Waals surface area contributed by atoms with Crippen molar-refractivity contribution in [3.63, 3.8) is 0 Å². The van der Waals surface area contributed by atoms with E-state index in [1.807, 2.05) is 0 Å². The van der Waals surface area contributed by atoms with Gasteiger partial charge in [0.2, 0.25) is 0 Å². The number of alkyl halides is 3. The predicted molar refractivity (Wildman–Crippen MR) is 130 cm³/mol. The number of fused-ring (bicyclic) bond motifs is 1. The van der Waals surface area contributed by atoms with Gasteiger partial charge in [-0.25, -0.2) is 8.78 Å². The van der Waals surface area contributed by atoms with Gasteiger partial charge in [0.1, 0.15) is 6.10 Å². The van der Waals surface area contributed by atoms with Crippen LogP contribution in [0.15, 0.2) is 42.5 Å². The lowest BCUT2D eigenvalue weighted by Gasteiger charge is -2.43. The summed E-state index contributed by atoms with van der Waals surface area (Å²) >= 11 is 0. The maximum absolute atomic E-state index is 13.8. The molecule has 0 unspecified atom stereocenters. The molecule has 0 bridgehead atoms. The summed E-state index contributed by atoms with van der Waals surface area (Å²) in [6.45, 7) is 6.62. The fourth-order valence-corrected chi connectivity index (χ4v) is 4.99. The molecule has 2 aromatic carbocycles. The topological polar surface area (TPSA) is 66.0 Å². The molecule has 1 N–H and O–H groups in total. The number of hydrogen-bond donors (Lipinski definition) is 1. The molecule has 0 radical (unpaired) electrons. The van der Waals surface area contributed by atoms with Crippen molar-refractivity contribution in [2.75, 3.05) is 0 Å². The molecular weight excluding hydrogens is 525 g/mol. The van der Waals surface area contributed by atoms with Crippen LogP contribution in [-0.2, 0) is 43.1 Å². The molecule has 2 aromatic rings. The van der Waals surface area contributed by atoms with Crippen molar-refractivity contribution in [2.24, 2.45) is 0 Å². The largest absolute Gasteiger partial charge is 0.416 e. The zero-order valence-electron chi connectivity index (χ0n) is 22.1. The van der Waals surface area contributed by atoms with E-state index in [1.54, 1.807) is 27.7 Å². The zero-order valence-corrected chi connectivity index (χ0v) is 22.1. The molecule has 6 nitrogen and oxygen atoms in total. The zero-order chi connectivity index (χ0) is 28.6. The molecule has 1 aliphatic heterocycles. The highest BCUT2D eigenvalue weighted by atomic mass is 19.4. The van der Waals surface area contributed by atoms with Gasteiger partial charge in [-0.15, -0.1) is 0 Å². The third kappa shape index (κ3) is 6.95. The third-order valence-electron chi connectivity index (χ3n) is 6.70. The van der Waals surface area contributed by atoms with Crippen molar-refractivity contribution < 1.29 is 45.7 Å². The first kappa shape index (κ1) is 29.4. The van der Waals surface area contributed by atoms with E-state index in [-0.39, 0.29) is 37.7 Å². The van der Waals surface area contributed by atoms with Crippen LogP contribution >= 0.6 is 0 Å². The van der Waals surface area contributed by atoms with Crippen LogP contribution in [0.4, 0.5) is 22.0 Å². The number of halogens is 5. The summed E-state index contributed by atoms with van der Waals surface area (Å²) in [5.74, 6) is -3.46. The fraction of sp³-hybridized carbons (Fsp3) is 0.536. The van der Waals surface area contributed by atoms with Crippen molar-refractivity contribution in [2.45, 2.75) is 95.7 Å². The minimum Gasteiger partial charge on any atom is -0.371 e. The minimum atomic E-state index is -4.53.